The number of nitrogens with zero attached hydrogens (tertiary/aromatic N) is 1. The maximum Gasteiger partial charge on any atom is 0.194 e. The minimum Gasteiger partial charge on any atom is -0.445 e. The second kappa shape index (κ2) is 2.86. The summed E-state index contributed by atoms with van der Waals surface area (Å²) < 4.78 is 5.40. The first-order valence-corrected chi connectivity index (χ1v) is 3.73. The van der Waals surface area contributed by atoms with Crippen molar-refractivity contribution < 1.29 is 4.42 Å². The lowest BCUT2D eigenvalue weighted by Gasteiger charge is -1.86. The van der Waals surface area contributed by atoms with Gasteiger partial charge in [0.25, 0.3) is 0 Å². The first-order valence-electron chi connectivity index (χ1n) is 3.73. The molecule has 0 aliphatic carbocycles. The van der Waals surface area contributed by atoms with Gasteiger partial charge in [-0.2, -0.15) is 0 Å². The quantitative estimate of drug-likeness (QED) is 0.627. The zero-order chi connectivity index (χ0) is 7.56. The molecule has 0 aliphatic rings. The van der Waals surface area contributed by atoms with Crippen LogP contribution in [0.15, 0.2) is 4.42 Å². The molecule has 1 heterocycles. The lowest BCUT2D eigenvalue weighted by molar-refractivity contribution is 0.463. The lowest BCUT2D eigenvalue weighted by atomic mass is 10.3. The molecule has 0 spiro atoms. The highest BCUT2D eigenvalue weighted by Crippen LogP contribution is 2.10. The number of aromatic nitrogens is 1. The van der Waals surface area contributed by atoms with Gasteiger partial charge in [-0.3, -0.25) is 0 Å². The number of hydrogen-bond acceptors (Lipinski definition) is 2. The third-order valence-corrected chi connectivity index (χ3v) is 1.56. The fraction of sp³-hybridized carbons (Fsp3) is 0.625. The van der Waals surface area contributed by atoms with E-state index < -0.39 is 0 Å². The number of aryl methyl sites for hydroxylation is 3. The van der Waals surface area contributed by atoms with Crippen molar-refractivity contribution in [3.63, 3.8) is 0 Å². The summed E-state index contributed by atoms with van der Waals surface area (Å²) >= 11 is 0. The highest BCUT2D eigenvalue weighted by molar-refractivity contribution is 5.07. The van der Waals surface area contributed by atoms with Crippen molar-refractivity contribution in [2.45, 2.75) is 33.6 Å². The molecular formula is C8H13NO. The fourth-order valence-electron chi connectivity index (χ4n) is 0.968. The Morgan fingerprint density at radius 3 is 2.30 bits per heavy atom. The van der Waals surface area contributed by atoms with E-state index in [9.17, 15) is 0 Å². The maximum absolute atomic E-state index is 5.40. The largest absolute Gasteiger partial charge is 0.445 e. The highest BCUT2D eigenvalue weighted by atomic mass is 16.4. The van der Waals surface area contributed by atoms with Gasteiger partial charge in [-0.15, -0.1) is 0 Å². The SMILES string of the molecule is CCc1nc(C)c(CC)o1. The van der Waals surface area contributed by atoms with E-state index in [4.69, 9.17) is 4.42 Å². The molecule has 1 rings (SSSR count). The number of hydrogen-bond donors (Lipinski definition) is 0. The molecule has 2 heteroatoms. The molecule has 0 amide bonds. The second-order valence-electron chi connectivity index (χ2n) is 2.32. The summed E-state index contributed by atoms with van der Waals surface area (Å²) in [4.78, 5) is 4.23. The molecular weight excluding hydrogens is 126 g/mol. The molecule has 56 valence electrons. The topological polar surface area (TPSA) is 26.0 Å². The molecule has 0 fully saturated rings. The van der Waals surface area contributed by atoms with Crippen molar-refractivity contribution in [3.8, 4) is 0 Å². The Balaban J connectivity index is 2.92. The van der Waals surface area contributed by atoms with Crippen LogP contribution < -0.4 is 0 Å². The Morgan fingerprint density at radius 2 is 2.00 bits per heavy atom. The molecule has 10 heavy (non-hydrogen) atoms. The summed E-state index contributed by atoms with van der Waals surface area (Å²) in [5, 5.41) is 0. The van der Waals surface area contributed by atoms with Crippen molar-refractivity contribution in [3.05, 3.63) is 17.3 Å². The van der Waals surface area contributed by atoms with Crippen molar-refractivity contribution >= 4 is 0 Å². The fourth-order valence-corrected chi connectivity index (χ4v) is 0.968. The summed E-state index contributed by atoms with van der Waals surface area (Å²) in [6.07, 6.45) is 1.83. The predicted octanol–water partition coefficient (Wildman–Crippen LogP) is 2.11. The van der Waals surface area contributed by atoms with E-state index in [0.717, 1.165) is 30.2 Å². The van der Waals surface area contributed by atoms with Crippen LogP contribution in [0.5, 0.6) is 0 Å². The van der Waals surface area contributed by atoms with E-state index in [2.05, 4.69) is 11.9 Å². The normalized spacial score (nSPS) is 10.3. The summed E-state index contributed by atoms with van der Waals surface area (Å²) in [6.45, 7) is 6.11. The molecule has 0 radical (unpaired) electrons. The Morgan fingerprint density at radius 1 is 1.30 bits per heavy atom. The minimum atomic E-state index is 0.856. The van der Waals surface area contributed by atoms with Gasteiger partial charge in [-0.25, -0.2) is 4.98 Å². The Kier molecular flexibility index (Phi) is 2.10. The third-order valence-electron chi connectivity index (χ3n) is 1.56. The van der Waals surface area contributed by atoms with Gasteiger partial charge >= 0.3 is 0 Å². The molecule has 0 aliphatic heterocycles. The third kappa shape index (κ3) is 1.20. The van der Waals surface area contributed by atoms with Gasteiger partial charge < -0.3 is 4.42 Å². The molecule has 0 aromatic carbocycles. The average molecular weight is 139 g/mol. The summed E-state index contributed by atoms with van der Waals surface area (Å²) in [7, 11) is 0. The van der Waals surface area contributed by atoms with Crippen molar-refractivity contribution in [2.75, 3.05) is 0 Å². The zero-order valence-corrected chi connectivity index (χ0v) is 6.77. The summed E-state index contributed by atoms with van der Waals surface area (Å²) in [6, 6.07) is 0. The smallest absolute Gasteiger partial charge is 0.194 e. The Hall–Kier alpha value is -0.790. The van der Waals surface area contributed by atoms with Crippen molar-refractivity contribution in [1.82, 2.24) is 4.98 Å². The summed E-state index contributed by atoms with van der Waals surface area (Å²) in [5.74, 6) is 1.88. The van der Waals surface area contributed by atoms with E-state index in [1.54, 1.807) is 0 Å². The van der Waals surface area contributed by atoms with Gasteiger partial charge in [0.15, 0.2) is 5.89 Å². The zero-order valence-electron chi connectivity index (χ0n) is 6.77. The number of rotatable bonds is 2. The van der Waals surface area contributed by atoms with Gasteiger partial charge in [-0.05, 0) is 6.92 Å². The Bertz CT molecular complexity index is 215. The molecule has 0 unspecified atom stereocenters. The molecule has 1 aromatic rings. The molecule has 0 atom stereocenters. The maximum atomic E-state index is 5.40. The van der Waals surface area contributed by atoms with E-state index in [-0.39, 0.29) is 0 Å². The first kappa shape index (κ1) is 7.32. The molecule has 0 saturated carbocycles. The van der Waals surface area contributed by atoms with Gasteiger partial charge in [-0.1, -0.05) is 13.8 Å². The van der Waals surface area contributed by atoms with Gasteiger partial charge in [0.05, 0.1) is 5.69 Å². The molecule has 1 aromatic heterocycles. The standard InChI is InChI=1S/C8H13NO/c1-4-7-6(3)9-8(5-2)10-7/h4-5H2,1-3H3. The van der Waals surface area contributed by atoms with Crippen LogP contribution in [0.4, 0.5) is 0 Å². The van der Waals surface area contributed by atoms with Crippen LogP contribution in [0.1, 0.15) is 31.2 Å². The predicted molar refractivity (Wildman–Crippen MR) is 40.0 cm³/mol. The molecule has 0 bridgehead atoms. The first-order chi connectivity index (χ1) is 4.77. The van der Waals surface area contributed by atoms with Crippen molar-refractivity contribution in [1.29, 1.82) is 0 Å². The highest BCUT2D eigenvalue weighted by Gasteiger charge is 2.04. The van der Waals surface area contributed by atoms with Crippen LogP contribution in [0.2, 0.25) is 0 Å². The monoisotopic (exact) mass is 139 g/mol. The Labute approximate surface area is 61.3 Å². The van der Waals surface area contributed by atoms with Gasteiger partial charge in [0, 0.05) is 12.8 Å². The molecule has 2 nitrogen and oxygen atoms in total. The van der Waals surface area contributed by atoms with Gasteiger partial charge in [0.2, 0.25) is 0 Å². The van der Waals surface area contributed by atoms with E-state index in [1.165, 1.54) is 0 Å². The number of oxazole rings is 1. The van der Waals surface area contributed by atoms with Crippen LogP contribution in [-0.2, 0) is 12.8 Å². The van der Waals surface area contributed by atoms with Crippen molar-refractivity contribution in [2.24, 2.45) is 0 Å². The van der Waals surface area contributed by atoms with E-state index in [1.807, 2.05) is 13.8 Å². The van der Waals surface area contributed by atoms with Crippen LogP contribution in [0.3, 0.4) is 0 Å². The van der Waals surface area contributed by atoms with Crippen LogP contribution in [0, 0.1) is 6.92 Å². The molecule has 0 N–H and O–H groups in total. The van der Waals surface area contributed by atoms with Gasteiger partial charge in [0.1, 0.15) is 5.76 Å². The van der Waals surface area contributed by atoms with E-state index in [0.29, 0.717) is 0 Å². The second-order valence-corrected chi connectivity index (χ2v) is 2.32. The van der Waals surface area contributed by atoms with Crippen LogP contribution in [0.25, 0.3) is 0 Å². The van der Waals surface area contributed by atoms with Crippen LogP contribution >= 0.6 is 0 Å². The van der Waals surface area contributed by atoms with Crippen LogP contribution in [-0.4, -0.2) is 4.98 Å². The molecule has 0 saturated heterocycles. The van der Waals surface area contributed by atoms with E-state index >= 15 is 0 Å². The minimum absolute atomic E-state index is 0.856. The summed E-state index contributed by atoms with van der Waals surface area (Å²) in [5.41, 5.74) is 1.04. The average Bonchev–Trinajstić information content (AvgIpc) is 2.30. The lowest BCUT2D eigenvalue weighted by Crippen LogP contribution is -1.79.